The summed E-state index contributed by atoms with van der Waals surface area (Å²) in [5, 5.41) is 7.19. The molecule has 0 saturated carbocycles. The Labute approximate surface area is 117 Å². The van der Waals surface area contributed by atoms with Gasteiger partial charge in [0.25, 0.3) is 0 Å². The van der Waals surface area contributed by atoms with Gasteiger partial charge in [-0.25, -0.2) is 9.97 Å². The van der Waals surface area contributed by atoms with E-state index in [1.807, 2.05) is 6.20 Å². The Kier molecular flexibility index (Phi) is 3.79. The number of aromatic amines is 2. The maximum atomic E-state index is 5.50. The zero-order valence-electron chi connectivity index (χ0n) is 11.8. The third-order valence-corrected chi connectivity index (χ3v) is 3.78. The van der Waals surface area contributed by atoms with Crippen molar-refractivity contribution in [1.29, 1.82) is 0 Å². The van der Waals surface area contributed by atoms with Gasteiger partial charge in [0, 0.05) is 32.5 Å². The van der Waals surface area contributed by atoms with E-state index >= 15 is 0 Å². The average molecular weight is 276 g/mol. The summed E-state index contributed by atoms with van der Waals surface area (Å²) < 4.78 is 5.50. The topological polar surface area (TPSA) is 82.7 Å². The fourth-order valence-electron chi connectivity index (χ4n) is 2.71. The molecule has 1 aliphatic rings. The number of aryl methyl sites for hydroxylation is 1. The Morgan fingerprint density at radius 3 is 3.05 bits per heavy atom. The Morgan fingerprint density at radius 1 is 1.50 bits per heavy atom. The molecule has 0 spiro atoms. The summed E-state index contributed by atoms with van der Waals surface area (Å²) >= 11 is 0. The number of rotatable bonds is 5. The molecule has 7 nitrogen and oxygen atoms in total. The van der Waals surface area contributed by atoms with Crippen LogP contribution in [-0.4, -0.2) is 49.8 Å². The number of ether oxygens (including phenoxy) is 1. The summed E-state index contributed by atoms with van der Waals surface area (Å²) in [6, 6.07) is 0.241. The molecule has 2 N–H and O–H groups in total. The molecule has 1 saturated heterocycles. The van der Waals surface area contributed by atoms with Gasteiger partial charge in [0.05, 0.1) is 18.7 Å². The van der Waals surface area contributed by atoms with Crippen LogP contribution in [0.15, 0.2) is 12.4 Å². The number of H-pyrrole nitrogens is 2. The van der Waals surface area contributed by atoms with E-state index in [1.165, 1.54) is 0 Å². The van der Waals surface area contributed by atoms with Crippen molar-refractivity contribution in [3.05, 3.63) is 29.9 Å². The van der Waals surface area contributed by atoms with Crippen molar-refractivity contribution in [3.8, 4) is 0 Å². The van der Waals surface area contributed by atoms with E-state index in [-0.39, 0.29) is 12.1 Å². The molecule has 3 rings (SSSR count). The Morgan fingerprint density at radius 2 is 2.40 bits per heavy atom. The van der Waals surface area contributed by atoms with E-state index in [0.29, 0.717) is 0 Å². The number of hydrogen-bond acceptors (Lipinski definition) is 5. The van der Waals surface area contributed by atoms with Crippen molar-refractivity contribution >= 4 is 0 Å². The number of likely N-dealkylation sites (tertiary alicyclic amines) is 1. The van der Waals surface area contributed by atoms with Crippen LogP contribution in [0.5, 0.6) is 0 Å². The highest BCUT2D eigenvalue weighted by atomic mass is 16.5. The van der Waals surface area contributed by atoms with Gasteiger partial charge >= 0.3 is 0 Å². The SMILES string of the molecule is CCc1n[nH]c(CN2C[C@H](OC)CC2c2ncc[nH]2)n1. The lowest BCUT2D eigenvalue weighted by Crippen LogP contribution is -2.26. The second-order valence-electron chi connectivity index (χ2n) is 5.06. The van der Waals surface area contributed by atoms with E-state index in [9.17, 15) is 0 Å². The molecule has 0 amide bonds. The number of nitrogens with zero attached hydrogens (tertiary/aromatic N) is 4. The van der Waals surface area contributed by atoms with Gasteiger partial charge in [-0.1, -0.05) is 6.92 Å². The van der Waals surface area contributed by atoms with E-state index < -0.39 is 0 Å². The summed E-state index contributed by atoms with van der Waals surface area (Å²) in [5.41, 5.74) is 0. The second kappa shape index (κ2) is 5.72. The zero-order chi connectivity index (χ0) is 13.9. The molecular weight excluding hydrogens is 256 g/mol. The quantitative estimate of drug-likeness (QED) is 0.853. The van der Waals surface area contributed by atoms with Crippen LogP contribution in [0.3, 0.4) is 0 Å². The van der Waals surface area contributed by atoms with Gasteiger partial charge in [-0.15, -0.1) is 0 Å². The molecule has 20 heavy (non-hydrogen) atoms. The van der Waals surface area contributed by atoms with Gasteiger partial charge in [-0.3, -0.25) is 10.00 Å². The normalized spacial score (nSPS) is 23.5. The van der Waals surface area contributed by atoms with Gasteiger partial charge in [-0.2, -0.15) is 5.10 Å². The van der Waals surface area contributed by atoms with Crippen molar-refractivity contribution in [3.63, 3.8) is 0 Å². The second-order valence-corrected chi connectivity index (χ2v) is 5.06. The summed E-state index contributed by atoms with van der Waals surface area (Å²) in [4.78, 5) is 14.4. The third kappa shape index (κ3) is 2.59. The standard InChI is InChI=1S/C13H20N6O/c1-3-11-16-12(18-17-11)8-19-7-9(20-2)6-10(19)13-14-4-5-15-13/h4-5,9-10H,3,6-8H2,1-2H3,(H,14,15)(H,16,17,18)/t9-,10?/m1/s1. The van der Waals surface area contributed by atoms with E-state index in [2.05, 4.69) is 37.0 Å². The first-order valence-electron chi connectivity index (χ1n) is 6.96. The number of nitrogens with one attached hydrogen (secondary N) is 2. The van der Waals surface area contributed by atoms with Gasteiger partial charge in [0.2, 0.25) is 0 Å². The zero-order valence-corrected chi connectivity index (χ0v) is 11.8. The summed E-state index contributed by atoms with van der Waals surface area (Å²) in [6.45, 7) is 3.66. The van der Waals surface area contributed by atoms with Gasteiger partial charge < -0.3 is 9.72 Å². The van der Waals surface area contributed by atoms with Crippen LogP contribution in [-0.2, 0) is 17.7 Å². The number of imidazole rings is 1. The highest BCUT2D eigenvalue weighted by Crippen LogP contribution is 2.32. The molecule has 2 aromatic rings. The lowest BCUT2D eigenvalue weighted by atomic mass is 10.2. The fourth-order valence-corrected chi connectivity index (χ4v) is 2.71. The van der Waals surface area contributed by atoms with E-state index in [4.69, 9.17) is 4.74 Å². The maximum absolute atomic E-state index is 5.50. The molecule has 1 unspecified atom stereocenters. The molecule has 1 aliphatic heterocycles. The average Bonchev–Trinajstić information content (AvgIpc) is 3.19. The monoisotopic (exact) mass is 276 g/mol. The molecule has 1 fully saturated rings. The lowest BCUT2D eigenvalue weighted by Gasteiger charge is -2.20. The highest BCUT2D eigenvalue weighted by Gasteiger charge is 2.35. The molecule has 3 heterocycles. The van der Waals surface area contributed by atoms with Crippen LogP contribution in [0.1, 0.15) is 36.9 Å². The minimum Gasteiger partial charge on any atom is -0.380 e. The first-order chi connectivity index (χ1) is 9.80. The van der Waals surface area contributed by atoms with Crippen molar-refractivity contribution < 1.29 is 4.74 Å². The van der Waals surface area contributed by atoms with Gasteiger partial charge in [0.15, 0.2) is 0 Å². The van der Waals surface area contributed by atoms with Crippen molar-refractivity contribution in [2.45, 2.75) is 38.5 Å². The maximum Gasteiger partial charge on any atom is 0.150 e. The minimum absolute atomic E-state index is 0.235. The van der Waals surface area contributed by atoms with Crippen LogP contribution < -0.4 is 0 Å². The van der Waals surface area contributed by atoms with Crippen molar-refractivity contribution in [1.82, 2.24) is 30.0 Å². The molecule has 2 atom stereocenters. The lowest BCUT2D eigenvalue weighted by molar-refractivity contribution is 0.107. The van der Waals surface area contributed by atoms with Crippen LogP contribution in [0.2, 0.25) is 0 Å². The molecule has 0 aromatic carbocycles. The fraction of sp³-hybridized carbons (Fsp3) is 0.615. The smallest absolute Gasteiger partial charge is 0.150 e. The number of hydrogen-bond donors (Lipinski definition) is 2. The van der Waals surface area contributed by atoms with Crippen LogP contribution in [0.25, 0.3) is 0 Å². The predicted molar refractivity (Wildman–Crippen MR) is 72.9 cm³/mol. The van der Waals surface area contributed by atoms with Gasteiger partial charge in [-0.05, 0) is 6.42 Å². The van der Waals surface area contributed by atoms with Crippen LogP contribution in [0, 0.1) is 0 Å². The Bertz CT molecular complexity index is 537. The number of methoxy groups -OCH3 is 1. The Hall–Kier alpha value is -1.73. The summed E-state index contributed by atoms with van der Waals surface area (Å²) in [6.07, 6.45) is 5.67. The molecule has 2 aromatic heterocycles. The van der Waals surface area contributed by atoms with E-state index in [1.54, 1.807) is 13.3 Å². The molecule has 0 bridgehead atoms. The first-order valence-corrected chi connectivity index (χ1v) is 6.96. The summed E-state index contributed by atoms with van der Waals surface area (Å²) in [7, 11) is 1.76. The largest absolute Gasteiger partial charge is 0.380 e. The van der Waals surface area contributed by atoms with Crippen LogP contribution >= 0.6 is 0 Å². The minimum atomic E-state index is 0.235. The van der Waals surface area contributed by atoms with E-state index in [0.717, 1.165) is 43.4 Å². The first kappa shape index (κ1) is 13.3. The third-order valence-electron chi connectivity index (χ3n) is 3.78. The molecular formula is C13H20N6O. The van der Waals surface area contributed by atoms with Crippen molar-refractivity contribution in [2.75, 3.05) is 13.7 Å². The molecule has 7 heteroatoms. The Balaban J connectivity index is 1.75. The predicted octanol–water partition coefficient (Wildman–Crippen LogP) is 1.05. The van der Waals surface area contributed by atoms with Crippen LogP contribution in [0.4, 0.5) is 0 Å². The van der Waals surface area contributed by atoms with Crippen molar-refractivity contribution in [2.24, 2.45) is 0 Å². The summed E-state index contributed by atoms with van der Waals surface area (Å²) in [5.74, 6) is 2.74. The molecule has 108 valence electrons. The highest BCUT2D eigenvalue weighted by molar-refractivity contribution is 5.03. The van der Waals surface area contributed by atoms with Gasteiger partial charge in [0.1, 0.15) is 17.5 Å². The number of aromatic nitrogens is 5. The molecule has 0 radical (unpaired) electrons. The molecule has 0 aliphatic carbocycles.